The van der Waals surface area contributed by atoms with Gasteiger partial charge in [-0.1, -0.05) is 50.3 Å². The van der Waals surface area contributed by atoms with E-state index in [2.05, 4.69) is 4.74 Å². The summed E-state index contributed by atoms with van der Waals surface area (Å²) in [6.07, 6.45) is 3.70. The van der Waals surface area contributed by atoms with Gasteiger partial charge in [-0.2, -0.15) is 0 Å². The second-order valence-electron chi connectivity index (χ2n) is 2.24. The molecule has 2 heteroatoms. The SMILES string of the molecule is CC.O=COC/C=C/c1ccccc1. The Morgan fingerprint density at radius 2 is 1.86 bits per heavy atom. The van der Waals surface area contributed by atoms with E-state index >= 15 is 0 Å². The molecule has 0 aliphatic heterocycles. The van der Waals surface area contributed by atoms with Crippen LogP contribution in [0.3, 0.4) is 0 Å². The summed E-state index contributed by atoms with van der Waals surface area (Å²) in [5.41, 5.74) is 1.10. The number of ether oxygens (including phenoxy) is 1. The van der Waals surface area contributed by atoms with Crippen molar-refractivity contribution in [3.8, 4) is 0 Å². The molecule has 14 heavy (non-hydrogen) atoms. The second-order valence-corrected chi connectivity index (χ2v) is 2.24. The molecule has 1 aromatic carbocycles. The number of benzene rings is 1. The largest absolute Gasteiger partial charge is 0.464 e. The summed E-state index contributed by atoms with van der Waals surface area (Å²) in [6, 6.07) is 9.84. The van der Waals surface area contributed by atoms with Gasteiger partial charge in [0.25, 0.3) is 6.47 Å². The van der Waals surface area contributed by atoms with E-state index in [1.165, 1.54) is 0 Å². The molecule has 0 aromatic heterocycles. The van der Waals surface area contributed by atoms with Crippen LogP contribution >= 0.6 is 0 Å². The summed E-state index contributed by atoms with van der Waals surface area (Å²) < 4.78 is 4.49. The fraction of sp³-hybridized carbons (Fsp3) is 0.250. The van der Waals surface area contributed by atoms with E-state index in [4.69, 9.17) is 0 Å². The van der Waals surface area contributed by atoms with Gasteiger partial charge >= 0.3 is 0 Å². The van der Waals surface area contributed by atoms with Crippen molar-refractivity contribution in [2.45, 2.75) is 13.8 Å². The lowest BCUT2D eigenvalue weighted by Gasteiger charge is -1.91. The van der Waals surface area contributed by atoms with Crippen LogP contribution in [0.4, 0.5) is 0 Å². The Balaban J connectivity index is 0.000000791. The zero-order valence-corrected chi connectivity index (χ0v) is 8.64. The van der Waals surface area contributed by atoms with Gasteiger partial charge in [0.1, 0.15) is 6.61 Å². The Hall–Kier alpha value is -1.57. The van der Waals surface area contributed by atoms with Crippen LogP contribution in [0.5, 0.6) is 0 Å². The molecule has 0 unspecified atom stereocenters. The normalized spacial score (nSPS) is 9.00. The molecule has 0 spiro atoms. The molecule has 76 valence electrons. The number of carbonyl (C=O) groups excluding carboxylic acids is 1. The van der Waals surface area contributed by atoms with Crippen LogP contribution in [0.25, 0.3) is 6.08 Å². The van der Waals surface area contributed by atoms with Gasteiger partial charge in [-0.3, -0.25) is 4.79 Å². The van der Waals surface area contributed by atoms with Gasteiger partial charge in [0.05, 0.1) is 0 Å². The van der Waals surface area contributed by atoms with Gasteiger partial charge in [-0.25, -0.2) is 0 Å². The first-order valence-electron chi connectivity index (χ1n) is 4.70. The van der Waals surface area contributed by atoms with Gasteiger partial charge in [-0.05, 0) is 11.6 Å². The Bertz CT molecular complexity index is 252. The minimum Gasteiger partial charge on any atom is -0.464 e. The molecule has 0 saturated heterocycles. The van der Waals surface area contributed by atoms with Crippen molar-refractivity contribution in [2.75, 3.05) is 6.61 Å². The first kappa shape index (κ1) is 12.4. The quantitative estimate of drug-likeness (QED) is 0.541. The molecule has 0 atom stereocenters. The molecule has 0 bridgehead atoms. The molecule has 1 aromatic rings. The maximum atomic E-state index is 9.76. The van der Waals surface area contributed by atoms with E-state index in [1.807, 2.05) is 50.3 Å². The smallest absolute Gasteiger partial charge is 0.293 e. The molecule has 2 nitrogen and oxygen atoms in total. The molecule has 0 heterocycles. The standard InChI is InChI=1S/C10H10O2.C2H6/c11-9-12-8-4-7-10-5-2-1-3-6-10;1-2/h1-7,9H,8H2;1-2H3/b7-4+;. The van der Waals surface area contributed by atoms with Crippen LogP contribution in [-0.4, -0.2) is 13.1 Å². The van der Waals surface area contributed by atoms with Crippen LogP contribution in [0.15, 0.2) is 36.4 Å². The molecule has 0 fully saturated rings. The molecule has 0 aliphatic carbocycles. The topological polar surface area (TPSA) is 26.3 Å². The summed E-state index contributed by atoms with van der Waals surface area (Å²) in [7, 11) is 0. The van der Waals surface area contributed by atoms with E-state index in [9.17, 15) is 4.79 Å². The van der Waals surface area contributed by atoms with E-state index in [1.54, 1.807) is 6.08 Å². The van der Waals surface area contributed by atoms with Crippen molar-refractivity contribution in [1.82, 2.24) is 0 Å². The summed E-state index contributed by atoms with van der Waals surface area (Å²) in [4.78, 5) is 9.76. The van der Waals surface area contributed by atoms with Crippen molar-refractivity contribution in [3.05, 3.63) is 42.0 Å². The van der Waals surface area contributed by atoms with Crippen molar-refractivity contribution in [3.63, 3.8) is 0 Å². The Morgan fingerprint density at radius 1 is 1.21 bits per heavy atom. The van der Waals surface area contributed by atoms with Crippen LogP contribution in [0.2, 0.25) is 0 Å². The van der Waals surface area contributed by atoms with Crippen LogP contribution < -0.4 is 0 Å². The van der Waals surface area contributed by atoms with Gasteiger partial charge in [0.15, 0.2) is 0 Å². The zero-order valence-electron chi connectivity index (χ0n) is 8.64. The molecular weight excluding hydrogens is 176 g/mol. The van der Waals surface area contributed by atoms with Crippen molar-refractivity contribution in [1.29, 1.82) is 0 Å². The van der Waals surface area contributed by atoms with Crippen LogP contribution in [-0.2, 0) is 9.53 Å². The Kier molecular flexibility index (Phi) is 8.45. The minimum absolute atomic E-state index is 0.332. The fourth-order valence-corrected chi connectivity index (χ4v) is 0.843. The second kappa shape index (κ2) is 9.52. The summed E-state index contributed by atoms with van der Waals surface area (Å²) >= 11 is 0. The number of hydrogen-bond acceptors (Lipinski definition) is 2. The van der Waals surface area contributed by atoms with E-state index in [0.29, 0.717) is 13.1 Å². The van der Waals surface area contributed by atoms with E-state index in [0.717, 1.165) is 5.56 Å². The first-order valence-corrected chi connectivity index (χ1v) is 4.70. The number of hydrogen-bond donors (Lipinski definition) is 0. The Labute approximate surface area is 85.2 Å². The van der Waals surface area contributed by atoms with Gasteiger partial charge in [-0.15, -0.1) is 0 Å². The summed E-state index contributed by atoms with van der Waals surface area (Å²) in [5, 5.41) is 0. The molecule has 0 saturated carbocycles. The third-order valence-corrected chi connectivity index (χ3v) is 1.37. The predicted molar refractivity (Wildman–Crippen MR) is 58.8 cm³/mol. The highest BCUT2D eigenvalue weighted by molar-refractivity contribution is 5.49. The number of rotatable bonds is 4. The lowest BCUT2D eigenvalue weighted by Crippen LogP contribution is -1.84. The van der Waals surface area contributed by atoms with Crippen molar-refractivity contribution in [2.24, 2.45) is 0 Å². The highest BCUT2D eigenvalue weighted by Gasteiger charge is 1.81. The van der Waals surface area contributed by atoms with E-state index < -0.39 is 0 Å². The Morgan fingerprint density at radius 3 is 2.43 bits per heavy atom. The first-order chi connectivity index (χ1) is 6.93. The molecule has 0 N–H and O–H groups in total. The molecule has 0 amide bonds. The highest BCUT2D eigenvalue weighted by atomic mass is 16.5. The maximum absolute atomic E-state index is 9.76. The number of carbonyl (C=O) groups is 1. The zero-order chi connectivity index (χ0) is 10.6. The molecule has 0 aliphatic rings. The minimum atomic E-state index is 0.332. The van der Waals surface area contributed by atoms with Crippen molar-refractivity contribution >= 4 is 12.5 Å². The predicted octanol–water partition coefficient (Wildman–Crippen LogP) is 2.90. The molecular formula is C12H16O2. The average Bonchev–Trinajstić information content (AvgIpc) is 2.29. The highest BCUT2D eigenvalue weighted by Crippen LogP contribution is 2.00. The van der Waals surface area contributed by atoms with Gasteiger partial charge in [0.2, 0.25) is 0 Å². The lowest BCUT2D eigenvalue weighted by molar-refractivity contribution is -0.127. The van der Waals surface area contributed by atoms with Crippen LogP contribution in [0.1, 0.15) is 19.4 Å². The van der Waals surface area contributed by atoms with Gasteiger partial charge in [0, 0.05) is 0 Å². The lowest BCUT2D eigenvalue weighted by atomic mass is 10.2. The fourth-order valence-electron chi connectivity index (χ4n) is 0.843. The third-order valence-electron chi connectivity index (χ3n) is 1.37. The average molecular weight is 192 g/mol. The molecule has 1 rings (SSSR count). The van der Waals surface area contributed by atoms with E-state index in [-0.39, 0.29) is 0 Å². The van der Waals surface area contributed by atoms with Gasteiger partial charge < -0.3 is 4.74 Å². The summed E-state index contributed by atoms with van der Waals surface area (Å²) in [6.45, 7) is 4.77. The monoisotopic (exact) mass is 192 g/mol. The molecule has 0 radical (unpaired) electrons. The third kappa shape index (κ3) is 6.00. The maximum Gasteiger partial charge on any atom is 0.293 e. The van der Waals surface area contributed by atoms with Crippen LogP contribution in [0, 0.1) is 0 Å². The summed E-state index contributed by atoms with van der Waals surface area (Å²) in [5.74, 6) is 0. The van der Waals surface area contributed by atoms with Crippen molar-refractivity contribution < 1.29 is 9.53 Å².